The van der Waals surface area contributed by atoms with Crippen LogP contribution in [0, 0.1) is 0 Å². The second-order valence-electron chi connectivity index (χ2n) is 7.16. The maximum absolute atomic E-state index is 12.5. The highest BCUT2D eigenvalue weighted by atomic mass is 32.2. The number of allylic oxidation sites excluding steroid dienone is 1. The zero-order chi connectivity index (χ0) is 17.7. The number of likely N-dealkylation sites (tertiary alicyclic amines) is 1. The molecule has 3 rings (SSSR count). The summed E-state index contributed by atoms with van der Waals surface area (Å²) in [5.41, 5.74) is 1.44. The quantitative estimate of drug-likeness (QED) is 0.705. The first-order valence-electron chi connectivity index (χ1n) is 9.48. The van der Waals surface area contributed by atoms with E-state index in [9.17, 15) is 13.2 Å². The first-order chi connectivity index (χ1) is 12.1. The third-order valence-electron chi connectivity index (χ3n) is 5.35. The molecule has 0 radical (unpaired) electrons. The largest absolute Gasteiger partial charge is 0.338 e. The van der Waals surface area contributed by atoms with Gasteiger partial charge in [-0.05, 0) is 32.1 Å². The fourth-order valence-corrected chi connectivity index (χ4v) is 5.50. The molecule has 2 aliphatic heterocycles. The van der Waals surface area contributed by atoms with Gasteiger partial charge >= 0.3 is 6.03 Å². The lowest BCUT2D eigenvalue weighted by molar-refractivity contribution is 0.167. The van der Waals surface area contributed by atoms with Crippen molar-refractivity contribution >= 4 is 16.1 Å². The summed E-state index contributed by atoms with van der Waals surface area (Å²) < 4.78 is 26.6. The van der Waals surface area contributed by atoms with Gasteiger partial charge in [0.25, 0.3) is 0 Å². The van der Waals surface area contributed by atoms with Crippen LogP contribution in [0.4, 0.5) is 4.79 Å². The molecule has 2 fully saturated rings. The molecule has 7 nitrogen and oxygen atoms in total. The van der Waals surface area contributed by atoms with Crippen molar-refractivity contribution in [2.75, 3.05) is 45.8 Å². The van der Waals surface area contributed by atoms with Gasteiger partial charge in [-0.3, -0.25) is 0 Å². The van der Waals surface area contributed by atoms with Crippen LogP contribution in [0.2, 0.25) is 0 Å². The van der Waals surface area contributed by atoms with Gasteiger partial charge in [-0.1, -0.05) is 18.1 Å². The van der Waals surface area contributed by atoms with Crippen molar-refractivity contribution in [1.82, 2.24) is 19.8 Å². The molecule has 0 bridgehead atoms. The van der Waals surface area contributed by atoms with Crippen molar-refractivity contribution in [3.8, 4) is 0 Å². The summed E-state index contributed by atoms with van der Waals surface area (Å²) in [6, 6.07) is -0.138. The van der Waals surface area contributed by atoms with E-state index in [0.29, 0.717) is 45.8 Å². The number of rotatable bonds is 5. The van der Waals surface area contributed by atoms with Crippen LogP contribution in [0.25, 0.3) is 0 Å². The van der Waals surface area contributed by atoms with Crippen molar-refractivity contribution < 1.29 is 13.2 Å². The molecule has 0 aromatic carbocycles. The molecule has 0 aromatic rings. The third kappa shape index (κ3) is 4.74. The highest BCUT2D eigenvalue weighted by molar-refractivity contribution is 7.89. The number of sulfonamides is 1. The van der Waals surface area contributed by atoms with Crippen LogP contribution >= 0.6 is 0 Å². The Kier molecular flexibility index (Phi) is 6.35. The summed E-state index contributed by atoms with van der Waals surface area (Å²) in [6.45, 7) is 3.70. The van der Waals surface area contributed by atoms with Crippen LogP contribution in [0.1, 0.15) is 38.5 Å². The van der Waals surface area contributed by atoms with Gasteiger partial charge in [0.1, 0.15) is 5.25 Å². The molecule has 2 heterocycles. The van der Waals surface area contributed by atoms with Crippen LogP contribution in [0.15, 0.2) is 11.6 Å². The van der Waals surface area contributed by atoms with Crippen molar-refractivity contribution in [1.29, 1.82) is 0 Å². The van der Waals surface area contributed by atoms with Gasteiger partial charge in [0, 0.05) is 45.8 Å². The number of nitrogens with one attached hydrogen (secondary N) is 2. The number of piperazine rings is 1. The smallest absolute Gasteiger partial charge is 0.317 e. The summed E-state index contributed by atoms with van der Waals surface area (Å²) in [4.78, 5) is 13.8. The van der Waals surface area contributed by atoms with Gasteiger partial charge < -0.3 is 15.5 Å². The average Bonchev–Trinajstić information content (AvgIpc) is 2.83. The van der Waals surface area contributed by atoms with E-state index in [4.69, 9.17) is 0 Å². The van der Waals surface area contributed by atoms with Crippen LogP contribution in [-0.2, 0) is 10.0 Å². The minimum atomic E-state index is -3.27. The Morgan fingerprint density at radius 2 is 1.96 bits per heavy atom. The lowest BCUT2D eigenvalue weighted by atomic mass is 10.1. The molecule has 0 spiro atoms. The molecule has 25 heavy (non-hydrogen) atoms. The van der Waals surface area contributed by atoms with E-state index < -0.39 is 15.3 Å². The lowest BCUT2D eigenvalue weighted by Crippen LogP contribution is -2.63. The van der Waals surface area contributed by atoms with Gasteiger partial charge in [-0.2, -0.15) is 4.31 Å². The van der Waals surface area contributed by atoms with E-state index in [1.807, 2.05) is 0 Å². The van der Waals surface area contributed by atoms with Gasteiger partial charge in [0.2, 0.25) is 10.0 Å². The maximum Gasteiger partial charge on any atom is 0.317 e. The van der Waals surface area contributed by atoms with Crippen LogP contribution in [0.5, 0.6) is 0 Å². The number of urea groups is 1. The Morgan fingerprint density at radius 1 is 1.20 bits per heavy atom. The predicted molar refractivity (Wildman–Crippen MR) is 97.9 cm³/mol. The number of carbonyl (C=O) groups is 1. The molecule has 2 amide bonds. The molecule has 8 heteroatoms. The Hall–Kier alpha value is -1.12. The van der Waals surface area contributed by atoms with E-state index in [0.717, 1.165) is 19.3 Å². The molecule has 1 aliphatic carbocycles. The predicted octanol–water partition coefficient (Wildman–Crippen LogP) is 0.896. The van der Waals surface area contributed by atoms with Gasteiger partial charge in [-0.15, -0.1) is 0 Å². The van der Waals surface area contributed by atoms with E-state index in [-0.39, 0.29) is 6.03 Å². The second kappa shape index (κ2) is 8.51. The Bertz CT molecular complexity index is 593. The summed E-state index contributed by atoms with van der Waals surface area (Å²) in [7, 11) is -3.27. The van der Waals surface area contributed by atoms with E-state index in [2.05, 4.69) is 16.7 Å². The van der Waals surface area contributed by atoms with Crippen molar-refractivity contribution in [3.05, 3.63) is 11.6 Å². The highest BCUT2D eigenvalue weighted by Crippen LogP contribution is 2.21. The Balaban J connectivity index is 1.38. The SMILES string of the molecule is O=C(NCCC1=CCCCCC1)N1CC(S(=O)(=O)N2CCNCC2)C1. The number of hydrogen-bond donors (Lipinski definition) is 2. The molecule has 2 N–H and O–H groups in total. The number of carbonyl (C=O) groups excluding carboxylic acids is 1. The average molecular weight is 371 g/mol. The molecule has 0 atom stereocenters. The topological polar surface area (TPSA) is 81.8 Å². The molecular weight excluding hydrogens is 340 g/mol. The zero-order valence-electron chi connectivity index (χ0n) is 14.9. The van der Waals surface area contributed by atoms with Gasteiger partial charge in [-0.25, -0.2) is 13.2 Å². The van der Waals surface area contributed by atoms with Crippen LogP contribution in [-0.4, -0.2) is 74.7 Å². The Labute approximate surface area is 150 Å². The molecule has 0 saturated carbocycles. The third-order valence-corrected chi connectivity index (χ3v) is 7.58. The fourth-order valence-electron chi connectivity index (χ4n) is 3.65. The fraction of sp³-hybridized carbons (Fsp3) is 0.824. The maximum atomic E-state index is 12.5. The molecule has 2 saturated heterocycles. The molecule has 3 aliphatic rings. The minimum absolute atomic E-state index is 0.138. The number of nitrogens with zero attached hydrogens (tertiary/aromatic N) is 2. The van der Waals surface area contributed by atoms with Crippen LogP contribution in [0.3, 0.4) is 0 Å². The molecule has 142 valence electrons. The van der Waals surface area contributed by atoms with E-state index in [1.165, 1.54) is 24.8 Å². The summed E-state index contributed by atoms with van der Waals surface area (Å²) >= 11 is 0. The molecule has 0 unspecified atom stereocenters. The van der Waals surface area contributed by atoms with Crippen molar-refractivity contribution in [3.63, 3.8) is 0 Å². The van der Waals surface area contributed by atoms with E-state index in [1.54, 1.807) is 9.21 Å². The monoisotopic (exact) mass is 370 g/mol. The Morgan fingerprint density at radius 3 is 2.72 bits per heavy atom. The standard InChI is InChI=1S/C17H30N4O3S/c22-17(19-8-7-15-5-3-1-2-4-6-15)20-13-16(14-20)25(23,24)21-11-9-18-10-12-21/h5,16,18H,1-4,6-14H2,(H,19,22). The van der Waals surface area contributed by atoms with Gasteiger partial charge in [0.15, 0.2) is 0 Å². The molecule has 0 aromatic heterocycles. The van der Waals surface area contributed by atoms with E-state index >= 15 is 0 Å². The highest BCUT2D eigenvalue weighted by Gasteiger charge is 2.42. The van der Waals surface area contributed by atoms with Gasteiger partial charge in [0.05, 0.1) is 0 Å². The second-order valence-corrected chi connectivity index (χ2v) is 9.38. The normalized spacial score (nSPS) is 23.5. The number of amides is 2. The molecular formula is C17H30N4O3S. The summed E-state index contributed by atoms with van der Waals surface area (Å²) in [5.74, 6) is 0. The summed E-state index contributed by atoms with van der Waals surface area (Å²) in [5, 5.41) is 5.65. The summed E-state index contributed by atoms with van der Waals surface area (Å²) in [6.07, 6.45) is 9.33. The van der Waals surface area contributed by atoms with Crippen molar-refractivity contribution in [2.24, 2.45) is 0 Å². The van der Waals surface area contributed by atoms with Crippen molar-refractivity contribution in [2.45, 2.75) is 43.8 Å². The first kappa shape index (κ1) is 18.7. The minimum Gasteiger partial charge on any atom is -0.338 e. The lowest BCUT2D eigenvalue weighted by Gasteiger charge is -2.41. The van der Waals surface area contributed by atoms with Crippen LogP contribution < -0.4 is 10.6 Å². The zero-order valence-corrected chi connectivity index (χ0v) is 15.7. The number of hydrogen-bond acceptors (Lipinski definition) is 4. The first-order valence-corrected chi connectivity index (χ1v) is 11.0.